The van der Waals surface area contributed by atoms with Crippen LogP contribution in [0.4, 0.5) is 0 Å². The molecule has 0 aromatic heterocycles. The molecule has 1 heterocycles. The molecule has 1 saturated heterocycles. The van der Waals surface area contributed by atoms with E-state index in [9.17, 15) is 0 Å². The first-order valence-electron chi connectivity index (χ1n) is 9.57. The maximum absolute atomic E-state index is 5.03. The van der Waals surface area contributed by atoms with Crippen molar-refractivity contribution >= 4 is 11.9 Å². The lowest BCUT2D eigenvalue weighted by atomic mass is 9.95. The van der Waals surface area contributed by atoms with Crippen LogP contribution in [0.1, 0.15) is 64.2 Å². The number of rotatable bonds is 2. The summed E-state index contributed by atoms with van der Waals surface area (Å²) in [5, 5.41) is 3.68. The first kappa shape index (κ1) is 16.6. The molecule has 23 heavy (non-hydrogen) atoms. The second-order valence-corrected chi connectivity index (χ2v) is 7.48. The second-order valence-electron chi connectivity index (χ2n) is 7.48. The summed E-state index contributed by atoms with van der Waals surface area (Å²) in [5.74, 6) is 1.95. The molecular formula is C18H33N5. The van der Waals surface area contributed by atoms with Gasteiger partial charge in [-0.05, 0) is 25.7 Å². The van der Waals surface area contributed by atoms with Gasteiger partial charge in [0.25, 0.3) is 0 Å². The van der Waals surface area contributed by atoms with Crippen LogP contribution in [-0.4, -0.2) is 61.0 Å². The van der Waals surface area contributed by atoms with Crippen LogP contribution in [0.15, 0.2) is 9.98 Å². The minimum atomic E-state index is 0.469. The molecule has 3 fully saturated rings. The lowest BCUT2D eigenvalue weighted by Crippen LogP contribution is -2.39. The predicted molar refractivity (Wildman–Crippen MR) is 97.0 cm³/mol. The first-order chi connectivity index (χ1) is 11.2. The van der Waals surface area contributed by atoms with E-state index in [1.807, 2.05) is 0 Å². The van der Waals surface area contributed by atoms with Crippen molar-refractivity contribution < 1.29 is 0 Å². The highest BCUT2D eigenvalue weighted by Gasteiger charge is 2.23. The number of nitrogens with one attached hydrogen (secondary N) is 1. The Balaban J connectivity index is 1.74. The average molecular weight is 319 g/mol. The van der Waals surface area contributed by atoms with Crippen LogP contribution in [0.25, 0.3) is 0 Å². The van der Waals surface area contributed by atoms with Gasteiger partial charge in [0.2, 0.25) is 11.9 Å². The van der Waals surface area contributed by atoms with Gasteiger partial charge in [-0.1, -0.05) is 38.5 Å². The lowest BCUT2D eigenvalue weighted by molar-refractivity contribution is 0.407. The normalized spacial score (nSPS) is 25.1. The predicted octanol–water partition coefficient (Wildman–Crippen LogP) is 2.83. The highest BCUT2D eigenvalue weighted by atomic mass is 15.4. The quantitative estimate of drug-likeness (QED) is 0.629. The average Bonchev–Trinajstić information content (AvgIpc) is 2.89. The zero-order chi connectivity index (χ0) is 16.1. The summed E-state index contributed by atoms with van der Waals surface area (Å²) < 4.78 is 0. The molecule has 2 aliphatic carbocycles. The van der Waals surface area contributed by atoms with Gasteiger partial charge in [0.1, 0.15) is 0 Å². The summed E-state index contributed by atoms with van der Waals surface area (Å²) in [4.78, 5) is 14.4. The highest BCUT2D eigenvalue weighted by molar-refractivity contribution is 5.95. The lowest BCUT2D eigenvalue weighted by Gasteiger charge is -2.26. The van der Waals surface area contributed by atoms with Gasteiger partial charge in [-0.2, -0.15) is 4.99 Å². The minimum absolute atomic E-state index is 0.469. The molecule has 5 heteroatoms. The van der Waals surface area contributed by atoms with Crippen LogP contribution in [-0.2, 0) is 0 Å². The monoisotopic (exact) mass is 319 g/mol. The van der Waals surface area contributed by atoms with Gasteiger partial charge in [0.05, 0.1) is 6.04 Å². The van der Waals surface area contributed by atoms with Crippen LogP contribution in [0.2, 0.25) is 0 Å². The Morgan fingerprint density at radius 3 is 2.04 bits per heavy atom. The smallest absolute Gasteiger partial charge is 0.221 e. The largest absolute Gasteiger partial charge is 0.352 e. The topological polar surface area (TPSA) is 43.2 Å². The molecule has 0 radical (unpaired) electrons. The summed E-state index contributed by atoms with van der Waals surface area (Å²) >= 11 is 0. The van der Waals surface area contributed by atoms with Gasteiger partial charge in [0, 0.05) is 33.2 Å². The first-order valence-corrected chi connectivity index (χ1v) is 9.57. The molecule has 1 aliphatic heterocycles. The Morgan fingerprint density at radius 1 is 0.870 bits per heavy atom. The number of likely N-dealkylation sites (N-methyl/N-ethyl adjacent to an activating group) is 2. The third-order valence-electron chi connectivity index (χ3n) is 5.48. The Hall–Kier alpha value is -1.26. The number of aliphatic imine (C=N–C) groups is 2. The molecule has 3 rings (SSSR count). The molecule has 0 unspecified atom stereocenters. The summed E-state index contributed by atoms with van der Waals surface area (Å²) in [7, 11) is 4.25. The molecule has 0 spiro atoms. The van der Waals surface area contributed by atoms with E-state index in [2.05, 4.69) is 29.2 Å². The van der Waals surface area contributed by atoms with Gasteiger partial charge in [0.15, 0.2) is 0 Å². The Kier molecular flexibility index (Phi) is 5.79. The van der Waals surface area contributed by atoms with Crippen molar-refractivity contribution in [1.82, 2.24) is 15.1 Å². The van der Waals surface area contributed by atoms with Crippen molar-refractivity contribution in [2.24, 2.45) is 9.98 Å². The molecule has 1 N–H and O–H groups in total. The van der Waals surface area contributed by atoms with Crippen LogP contribution >= 0.6 is 0 Å². The van der Waals surface area contributed by atoms with Crippen LogP contribution in [0.3, 0.4) is 0 Å². The molecule has 0 atom stereocenters. The maximum atomic E-state index is 5.03. The Bertz CT molecular complexity index is 421. The van der Waals surface area contributed by atoms with Crippen LogP contribution in [0.5, 0.6) is 0 Å². The van der Waals surface area contributed by atoms with Crippen molar-refractivity contribution in [3.63, 3.8) is 0 Å². The van der Waals surface area contributed by atoms with E-state index in [0.717, 1.165) is 25.0 Å². The molecule has 5 nitrogen and oxygen atoms in total. The molecule has 3 aliphatic rings. The SMILES string of the molecule is CN1CCN(C)C1=N/C(=N\C1CCCCC1)NC1CCCCC1. The molecule has 2 saturated carbocycles. The maximum Gasteiger partial charge on any atom is 0.221 e. The fourth-order valence-electron chi connectivity index (χ4n) is 3.97. The third kappa shape index (κ3) is 4.61. The number of hydrogen-bond acceptors (Lipinski definition) is 1. The number of guanidine groups is 2. The summed E-state index contributed by atoms with van der Waals surface area (Å²) in [6.07, 6.45) is 13.1. The Labute approximate surface area is 141 Å². The fourth-order valence-corrected chi connectivity index (χ4v) is 3.97. The van der Waals surface area contributed by atoms with E-state index in [0.29, 0.717) is 12.1 Å². The number of hydrogen-bond donors (Lipinski definition) is 1. The fraction of sp³-hybridized carbons (Fsp3) is 0.889. The van der Waals surface area contributed by atoms with Crippen molar-refractivity contribution in [3.8, 4) is 0 Å². The molecule has 0 bridgehead atoms. The summed E-state index contributed by atoms with van der Waals surface area (Å²) in [6, 6.07) is 1.03. The number of nitrogens with zero attached hydrogens (tertiary/aromatic N) is 4. The van der Waals surface area contributed by atoms with Gasteiger partial charge in [-0.15, -0.1) is 0 Å². The van der Waals surface area contributed by atoms with Gasteiger partial charge in [-0.3, -0.25) is 0 Å². The third-order valence-corrected chi connectivity index (χ3v) is 5.48. The van der Waals surface area contributed by atoms with E-state index in [1.165, 1.54) is 64.2 Å². The molecule has 0 aromatic carbocycles. The summed E-state index contributed by atoms with van der Waals surface area (Å²) in [5.41, 5.74) is 0. The van der Waals surface area contributed by atoms with Crippen molar-refractivity contribution in [3.05, 3.63) is 0 Å². The van der Waals surface area contributed by atoms with Gasteiger partial charge >= 0.3 is 0 Å². The van der Waals surface area contributed by atoms with Crippen LogP contribution < -0.4 is 5.32 Å². The van der Waals surface area contributed by atoms with Crippen LogP contribution in [0, 0.1) is 0 Å². The van der Waals surface area contributed by atoms with Gasteiger partial charge < -0.3 is 15.1 Å². The zero-order valence-electron chi connectivity index (χ0n) is 14.9. The molecule has 0 aromatic rings. The van der Waals surface area contributed by atoms with E-state index >= 15 is 0 Å². The highest BCUT2D eigenvalue weighted by Crippen LogP contribution is 2.21. The zero-order valence-corrected chi connectivity index (χ0v) is 14.9. The van der Waals surface area contributed by atoms with E-state index in [1.54, 1.807) is 0 Å². The summed E-state index contributed by atoms with van der Waals surface area (Å²) in [6.45, 7) is 2.10. The van der Waals surface area contributed by atoms with E-state index in [4.69, 9.17) is 9.98 Å². The minimum Gasteiger partial charge on any atom is -0.352 e. The molecule has 0 amide bonds. The van der Waals surface area contributed by atoms with Crippen molar-refractivity contribution in [1.29, 1.82) is 0 Å². The Morgan fingerprint density at radius 2 is 1.43 bits per heavy atom. The standard InChI is InChI=1S/C18H33N5/c1-22-13-14-23(2)18(22)21-17(19-15-9-5-3-6-10-15)20-16-11-7-4-8-12-16/h15-16H,3-14H2,1-2H3,(H,19,20). The molecular weight excluding hydrogens is 286 g/mol. The van der Waals surface area contributed by atoms with E-state index in [-0.39, 0.29) is 0 Å². The second kappa shape index (κ2) is 8.02. The van der Waals surface area contributed by atoms with E-state index < -0.39 is 0 Å². The van der Waals surface area contributed by atoms with Crippen molar-refractivity contribution in [2.45, 2.75) is 76.3 Å². The van der Waals surface area contributed by atoms with Crippen molar-refractivity contribution in [2.75, 3.05) is 27.2 Å². The molecule has 130 valence electrons. The van der Waals surface area contributed by atoms with Gasteiger partial charge in [-0.25, -0.2) is 4.99 Å².